The molecule has 0 atom stereocenters. The first kappa shape index (κ1) is 10.1. The van der Waals surface area contributed by atoms with Gasteiger partial charge in [-0.15, -0.1) is 11.6 Å². The minimum atomic E-state index is 0. The molecular weight excluding hydrogens is 108 g/mol. The van der Waals surface area contributed by atoms with Crippen molar-refractivity contribution in [3.05, 3.63) is 6.92 Å². The van der Waals surface area contributed by atoms with Crippen LogP contribution < -0.4 is 0 Å². The van der Waals surface area contributed by atoms with Crippen LogP contribution in [-0.4, -0.2) is 28.9 Å². The summed E-state index contributed by atoms with van der Waals surface area (Å²) in [5, 5.41) is 0. The second-order valence-corrected chi connectivity index (χ2v) is 1.27. The maximum atomic E-state index is 5.26. The summed E-state index contributed by atoms with van der Waals surface area (Å²) in [5.74, 6) is 0.753. The maximum absolute atomic E-state index is 5.26. The van der Waals surface area contributed by atoms with Crippen molar-refractivity contribution in [3.63, 3.8) is 0 Å². The molecule has 2 heteroatoms. The quantitative estimate of drug-likeness (QED) is 0.373. The van der Waals surface area contributed by atoms with Gasteiger partial charge < -0.3 is 0 Å². The van der Waals surface area contributed by atoms with E-state index >= 15 is 0 Å². The fourth-order valence-electron chi connectivity index (χ4n) is 0.0945. The van der Waals surface area contributed by atoms with E-state index in [1.165, 1.54) is 0 Å². The molecule has 0 saturated carbocycles. The van der Waals surface area contributed by atoms with E-state index in [4.69, 9.17) is 11.6 Å². The lowest BCUT2D eigenvalue weighted by Crippen LogP contribution is -1.65. The van der Waals surface area contributed by atoms with E-state index in [2.05, 4.69) is 6.92 Å². The molecule has 0 saturated heterocycles. The average molecular weight is 118 g/mol. The van der Waals surface area contributed by atoms with Crippen LogP contribution >= 0.6 is 11.6 Å². The number of rotatable bonds is 2. The van der Waals surface area contributed by atoms with Crippen molar-refractivity contribution in [2.75, 3.05) is 5.88 Å². The van der Waals surface area contributed by atoms with Crippen LogP contribution in [0.4, 0.5) is 0 Å². The maximum Gasteiger partial charge on any atom is 0.316 e. The first-order valence-electron chi connectivity index (χ1n) is 1.77. The van der Waals surface area contributed by atoms with Crippen LogP contribution in [0, 0.1) is 6.92 Å². The fourth-order valence-corrected chi connectivity index (χ4v) is 0.283. The Hall–Kier alpha value is 1.06. The Kier molecular flexibility index (Phi) is 15.9. The fraction of sp³-hybridized carbons (Fsp3) is 0.750. The van der Waals surface area contributed by atoms with Gasteiger partial charge in [0.05, 0.1) is 0 Å². The summed E-state index contributed by atoms with van der Waals surface area (Å²) < 4.78 is 0. The molecule has 0 heterocycles. The Balaban J connectivity index is 0. The zero-order valence-electron chi connectivity index (χ0n) is 3.21. The second kappa shape index (κ2) is 9.41. The third-order valence-electron chi connectivity index (χ3n) is 0.384. The van der Waals surface area contributed by atoms with Gasteiger partial charge >= 0.3 is 23.1 Å². The van der Waals surface area contributed by atoms with Crippen LogP contribution in [0.5, 0.6) is 0 Å². The lowest BCUT2D eigenvalue weighted by atomic mass is 10.4. The highest BCUT2D eigenvalue weighted by atomic mass is 35.5. The molecule has 0 aromatic carbocycles. The SMILES string of the molecule is [CH2]CCCCl.[MgH2]. The number of halogens is 1. The van der Waals surface area contributed by atoms with Crippen molar-refractivity contribution in [1.82, 2.24) is 0 Å². The van der Waals surface area contributed by atoms with Crippen molar-refractivity contribution in [2.45, 2.75) is 12.8 Å². The molecule has 0 aliphatic carbocycles. The molecule has 0 aromatic rings. The molecule has 0 spiro atoms. The summed E-state index contributed by atoms with van der Waals surface area (Å²) in [6.07, 6.45) is 2.01. The highest BCUT2D eigenvalue weighted by Crippen LogP contribution is 1.86. The minimum Gasteiger partial charge on any atom is -0.127 e. The number of hydrogen-bond donors (Lipinski definition) is 0. The standard InChI is InChI=1S/C4H8Cl.Mg.2H/c1-2-3-4-5;;;/h1-4H2;;;. The Bertz CT molecular complexity index is 15.0. The van der Waals surface area contributed by atoms with E-state index in [0.717, 1.165) is 18.7 Å². The Morgan fingerprint density at radius 1 is 1.50 bits per heavy atom. The van der Waals surface area contributed by atoms with E-state index in [0.29, 0.717) is 0 Å². The van der Waals surface area contributed by atoms with Crippen molar-refractivity contribution in [2.24, 2.45) is 0 Å². The van der Waals surface area contributed by atoms with Crippen LogP contribution in [0.3, 0.4) is 0 Å². The van der Waals surface area contributed by atoms with Crippen LogP contribution in [0.1, 0.15) is 12.8 Å². The predicted octanol–water partition coefficient (Wildman–Crippen LogP) is 0.923. The number of alkyl halides is 1. The van der Waals surface area contributed by atoms with Crippen LogP contribution in [0.2, 0.25) is 0 Å². The second-order valence-electron chi connectivity index (χ2n) is 0.896. The molecule has 0 bridgehead atoms. The Labute approximate surface area is 60.4 Å². The van der Waals surface area contributed by atoms with E-state index in [1.54, 1.807) is 0 Å². The molecule has 0 aromatic heterocycles. The van der Waals surface area contributed by atoms with Crippen LogP contribution in [-0.2, 0) is 0 Å². The topological polar surface area (TPSA) is 0 Å². The summed E-state index contributed by atoms with van der Waals surface area (Å²) in [6, 6.07) is 0. The zero-order valence-corrected chi connectivity index (χ0v) is 3.96. The minimum absolute atomic E-state index is 0. The molecule has 1 radical (unpaired) electrons. The lowest BCUT2D eigenvalue weighted by Gasteiger charge is -1.77. The van der Waals surface area contributed by atoms with Gasteiger partial charge in [0.15, 0.2) is 0 Å². The third kappa shape index (κ3) is 8.91. The third-order valence-corrected chi connectivity index (χ3v) is 0.651. The van der Waals surface area contributed by atoms with Gasteiger partial charge in [0.25, 0.3) is 0 Å². The molecule has 0 amide bonds. The molecule has 0 fully saturated rings. The summed E-state index contributed by atoms with van der Waals surface area (Å²) in [5.41, 5.74) is 0. The largest absolute Gasteiger partial charge is 0.316 e. The zero-order chi connectivity index (χ0) is 4.12. The van der Waals surface area contributed by atoms with E-state index in [1.807, 2.05) is 0 Å². The van der Waals surface area contributed by atoms with Crippen molar-refractivity contribution in [1.29, 1.82) is 0 Å². The Morgan fingerprint density at radius 3 is 2.00 bits per heavy atom. The van der Waals surface area contributed by atoms with Gasteiger partial charge in [-0.1, -0.05) is 13.3 Å². The van der Waals surface area contributed by atoms with Gasteiger partial charge in [-0.3, -0.25) is 0 Å². The summed E-state index contributed by atoms with van der Waals surface area (Å²) in [7, 11) is 0. The molecule has 0 N–H and O–H groups in total. The molecule has 0 aliphatic heterocycles. The van der Waals surface area contributed by atoms with Gasteiger partial charge in [0.2, 0.25) is 0 Å². The molecule has 0 unspecified atom stereocenters. The number of unbranched alkanes of at least 4 members (excludes halogenated alkanes) is 1. The van der Waals surface area contributed by atoms with Gasteiger partial charge in [-0.25, -0.2) is 0 Å². The van der Waals surface area contributed by atoms with E-state index in [-0.39, 0.29) is 23.1 Å². The van der Waals surface area contributed by atoms with Crippen LogP contribution in [0.25, 0.3) is 0 Å². The highest BCUT2D eigenvalue weighted by Gasteiger charge is 1.70. The van der Waals surface area contributed by atoms with Crippen molar-refractivity contribution < 1.29 is 0 Å². The highest BCUT2D eigenvalue weighted by molar-refractivity contribution is 6.17. The van der Waals surface area contributed by atoms with Crippen molar-refractivity contribution >= 4 is 34.7 Å². The lowest BCUT2D eigenvalue weighted by molar-refractivity contribution is 0.964. The first-order valence-corrected chi connectivity index (χ1v) is 2.30. The van der Waals surface area contributed by atoms with Crippen molar-refractivity contribution in [3.8, 4) is 0 Å². The molecule has 0 rings (SSSR count). The molecule has 0 aliphatic rings. The van der Waals surface area contributed by atoms with Crippen LogP contribution in [0.15, 0.2) is 0 Å². The summed E-state index contributed by atoms with van der Waals surface area (Å²) >= 11 is 5.26. The van der Waals surface area contributed by atoms with E-state index < -0.39 is 0 Å². The molecule has 35 valence electrons. The van der Waals surface area contributed by atoms with Gasteiger partial charge in [-0.05, 0) is 6.42 Å². The molecule has 6 heavy (non-hydrogen) atoms. The van der Waals surface area contributed by atoms with Gasteiger partial charge in [0, 0.05) is 5.88 Å². The first-order chi connectivity index (χ1) is 2.41. The average Bonchev–Trinajstić information content (AvgIpc) is 1.41. The monoisotopic (exact) mass is 117 g/mol. The van der Waals surface area contributed by atoms with E-state index in [9.17, 15) is 0 Å². The normalized spacial score (nSPS) is 7.00. The molecule has 0 nitrogen and oxygen atoms in total. The summed E-state index contributed by atoms with van der Waals surface area (Å²) in [6.45, 7) is 3.59. The van der Waals surface area contributed by atoms with Gasteiger partial charge in [0.1, 0.15) is 0 Å². The number of hydrogen-bond acceptors (Lipinski definition) is 0. The Morgan fingerprint density at radius 2 is 2.00 bits per heavy atom. The predicted molar refractivity (Wildman–Crippen MR) is 33.9 cm³/mol. The summed E-state index contributed by atoms with van der Waals surface area (Å²) in [4.78, 5) is 0. The smallest absolute Gasteiger partial charge is 0.127 e. The molecular formula is C4H10ClMg. The van der Waals surface area contributed by atoms with Gasteiger partial charge in [-0.2, -0.15) is 0 Å².